The maximum Gasteiger partial charge on any atom is 0.0829 e. The summed E-state index contributed by atoms with van der Waals surface area (Å²) in [6.45, 7) is 6.85. The predicted molar refractivity (Wildman–Crippen MR) is 69.4 cm³/mol. The van der Waals surface area contributed by atoms with Crippen molar-refractivity contribution < 1.29 is 4.74 Å². The van der Waals surface area contributed by atoms with Crippen molar-refractivity contribution in [3.8, 4) is 0 Å². The molecule has 1 aliphatic carbocycles. The van der Waals surface area contributed by atoms with Gasteiger partial charge in [0.25, 0.3) is 0 Å². The molecule has 0 aromatic heterocycles. The summed E-state index contributed by atoms with van der Waals surface area (Å²) in [6.07, 6.45) is 7.13. The van der Waals surface area contributed by atoms with Crippen molar-refractivity contribution in [2.75, 3.05) is 7.11 Å². The van der Waals surface area contributed by atoms with Crippen molar-refractivity contribution in [3.05, 3.63) is 0 Å². The normalized spacial score (nSPS) is 33.0. The van der Waals surface area contributed by atoms with Crippen LogP contribution in [0.2, 0.25) is 0 Å². The second-order valence-electron chi connectivity index (χ2n) is 6.03. The van der Waals surface area contributed by atoms with E-state index in [0.717, 1.165) is 31.1 Å². The van der Waals surface area contributed by atoms with Crippen LogP contribution in [0, 0.1) is 11.8 Å². The van der Waals surface area contributed by atoms with E-state index in [0.29, 0.717) is 0 Å². The molecule has 16 heavy (non-hydrogen) atoms. The molecule has 0 aromatic carbocycles. The highest BCUT2D eigenvalue weighted by Gasteiger charge is 2.39. The number of hydrogen-bond acceptors (Lipinski definition) is 2. The molecule has 0 amide bonds. The summed E-state index contributed by atoms with van der Waals surface area (Å²) in [6, 6.07) is 0.215. The summed E-state index contributed by atoms with van der Waals surface area (Å²) >= 11 is 0. The Labute approximate surface area is 101 Å². The smallest absolute Gasteiger partial charge is 0.0829 e. The molecule has 1 fully saturated rings. The molecule has 2 heteroatoms. The van der Waals surface area contributed by atoms with Crippen LogP contribution in [0.15, 0.2) is 0 Å². The zero-order valence-electron chi connectivity index (χ0n) is 11.5. The van der Waals surface area contributed by atoms with Gasteiger partial charge in [-0.25, -0.2) is 0 Å². The molecule has 1 unspecified atom stereocenters. The lowest BCUT2D eigenvalue weighted by molar-refractivity contribution is -0.0684. The van der Waals surface area contributed by atoms with E-state index in [9.17, 15) is 0 Å². The number of ether oxygens (including phenoxy) is 1. The first-order valence-electron chi connectivity index (χ1n) is 6.81. The SMILES string of the molecule is COC1(C(N)CCC(C)C)CCC(C)CC1. The molecule has 0 radical (unpaired) electrons. The van der Waals surface area contributed by atoms with Gasteiger partial charge in [-0.3, -0.25) is 0 Å². The van der Waals surface area contributed by atoms with Crippen molar-refractivity contribution in [2.24, 2.45) is 17.6 Å². The molecular weight excluding hydrogens is 198 g/mol. The van der Waals surface area contributed by atoms with Crippen LogP contribution in [0.4, 0.5) is 0 Å². The van der Waals surface area contributed by atoms with Crippen molar-refractivity contribution in [3.63, 3.8) is 0 Å². The summed E-state index contributed by atoms with van der Waals surface area (Å²) in [5.41, 5.74) is 6.34. The van der Waals surface area contributed by atoms with Crippen molar-refractivity contribution in [1.29, 1.82) is 0 Å². The summed E-state index contributed by atoms with van der Waals surface area (Å²) in [5.74, 6) is 1.59. The lowest BCUT2D eigenvalue weighted by Crippen LogP contribution is -2.51. The zero-order chi connectivity index (χ0) is 12.2. The Kier molecular flexibility index (Phi) is 5.26. The molecule has 0 spiro atoms. The molecular formula is C14H29NO. The fraction of sp³-hybridized carbons (Fsp3) is 1.00. The van der Waals surface area contributed by atoms with Gasteiger partial charge in [0, 0.05) is 13.2 Å². The first kappa shape index (κ1) is 14.0. The van der Waals surface area contributed by atoms with E-state index in [-0.39, 0.29) is 11.6 Å². The maximum atomic E-state index is 6.36. The number of rotatable bonds is 5. The molecule has 0 bridgehead atoms. The molecule has 2 N–H and O–H groups in total. The van der Waals surface area contributed by atoms with E-state index in [2.05, 4.69) is 20.8 Å². The van der Waals surface area contributed by atoms with E-state index < -0.39 is 0 Å². The average Bonchev–Trinajstić information content (AvgIpc) is 2.27. The summed E-state index contributed by atoms with van der Waals surface area (Å²) in [7, 11) is 1.84. The average molecular weight is 227 g/mol. The zero-order valence-corrected chi connectivity index (χ0v) is 11.5. The van der Waals surface area contributed by atoms with Gasteiger partial charge in [-0.15, -0.1) is 0 Å². The largest absolute Gasteiger partial charge is 0.377 e. The molecule has 1 saturated carbocycles. The number of hydrogen-bond donors (Lipinski definition) is 1. The van der Waals surface area contributed by atoms with E-state index in [1.807, 2.05) is 7.11 Å². The maximum absolute atomic E-state index is 6.36. The highest BCUT2D eigenvalue weighted by Crippen LogP contribution is 2.37. The van der Waals surface area contributed by atoms with Gasteiger partial charge in [-0.05, 0) is 50.4 Å². The molecule has 1 atom stereocenters. The van der Waals surface area contributed by atoms with Crippen LogP contribution < -0.4 is 5.73 Å². The van der Waals surface area contributed by atoms with Crippen molar-refractivity contribution in [1.82, 2.24) is 0 Å². The molecule has 0 saturated heterocycles. The van der Waals surface area contributed by atoms with Crippen LogP contribution in [0.25, 0.3) is 0 Å². The molecule has 2 nitrogen and oxygen atoms in total. The minimum Gasteiger partial charge on any atom is -0.377 e. The van der Waals surface area contributed by atoms with Crippen molar-refractivity contribution >= 4 is 0 Å². The van der Waals surface area contributed by atoms with E-state index in [1.54, 1.807) is 0 Å². The lowest BCUT2D eigenvalue weighted by atomic mass is 9.74. The Morgan fingerprint density at radius 3 is 2.25 bits per heavy atom. The van der Waals surface area contributed by atoms with Crippen LogP contribution in [-0.4, -0.2) is 18.8 Å². The number of methoxy groups -OCH3 is 1. The first-order valence-corrected chi connectivity index (χ1v) is 6.81. The first-order chi connectivity index (χ1) is 7.50. The summed E-state index contributed by atoms with van der Waals surface area (Å²) in [4.78, 5) is 0. The van der Waals surface area contributed by atoms with Gasteiger partial charge in [0.15, 0.2) is 0 Å². The molecule has 0 aliphatic heterocycles. The summed E-state index contributed by atoms with van der Waals surface area (Å²) < 4.78 is 5.80. The Hall–Kier alpha value is -0.0800. The van der Waals surface area contributed by atoms with Gasteiger partial charge in [0.2, 0.25) is 0 Å². The third-order valence-electron chi connectivity index (χ3n) is 4.26. The highest BCUT2D eigenvalue weighted by atomic mass is 16.5. The van der Waals surface area contributed by atoms with Gasteiger partial charge in [-0.1, -0.05) is 20.8 Å². The number of nitrogens with two attached hydrogens (primary N) is 1. The van der Waals surface area contributed by atoms with Crippen LogP contribution in [0.5, 0.6) is 0 Å². The second-order valence-corrected chi connectivity index (χ2v) is 6.03. The van der Waals surface area contributed by atoms with Gasteiger partial charge in [-0.2, -0.15) is 0 Å². The Morgan fingerprint density at radius 2 is 1.81 bits per heavy atom. The van der Waals surface area contributed by atoms with Crippen LogP contribution in [-0.2, 0) is 4.74 Å². The fourth-order valence-electron chi connectivity index (χ4n) is 2.75. The van der Waals surface area contributed by atoms with Crippen molar-refractivity contribution in [2.45, 2.75) is 70.9 Å². The highest BCUT2D eigenvalue weighted by molar-refractivity contribution is 4.94. The molecule has 0 aromatic rings. The van der Waals surface area contributed by atoms with E-state index in [4.69, 9.17) is 10.5 Å². The van der Waals surface area contributed by atoms with Crippen LogP contribution in [0.3, 0.4) is 0 Å². The predicted octanol–water partition coefficient (Wildman–Crippen LogP) is 3.35. The second kappa shape index (κ2) is 6.02. The fourth-order valence-corrected chi connectivity index (χ4v) is 2.75. The molecule has 96 valence electrons. The standard InChI is InChI=1S/C14H29NO/c1-11(2)5-6-13(15)14(16-4)9-7-12(3)8-10-14/h11-13H,5-10,15H2,1-4H3. The van der Waals surface area contributed by atoms with E-state index in [1.165, 1.54) is 19.3 Å². The topological polar surface area (TPSA) is 35.2 Å². The van der Waals surface area contributed by atoms with Gasteiger partial charge in [0.05, 0.1) is 5.60 Å². The molecule has 1 aliphatic rings. The van der Waals surface area contributed by atoms with Crippen LogP contribution >= 0.6 is 0 Å². The van der Waals surface area contributed by atoms with Crippen LogP contribution in [0.1, 0.15) is 59.3 Å². The van der Waals surface area contributed by atoms with Gasteiger partial charge in [0.1, 0.15) is 0 Å². The Morgan fingerprint density at radius 1 is 1.25 bits per heavy atom. The van der Waals surface area contributed by atoms with Gasteiger partial charge >= 0.3 is 0 Å². The lowest BCUT2D eigenvalue weighted by Gasteiger charge is -2.42. The quantitative estimate of drug-likeness (QED) is 0.781. The molecule has 1 rings (SSSR count). The minimum atomic E-state index is -0.0264. The summed E-state index contributed by atoms with van der Waals surface area (Å²) in [5, 5.41) is 0. The monoisotopic (exact) mass is 227 g/mol. The minimum absolute atomic E-state index is 0.0264. The molecule has 0 heterocycles. The van der Waals surface area contributed by atoms with E-state index >= 15 is 0 Å². The Balaban J connectivity index is 2.51. The van der Waals surface area contributed by atoms with Gasteiger partial charge < -0.3 is 10.5 Å². The Bertz CT molecular complexity index is 195. The third-order valence-corrected chi connectivity index (χ3v) is 4.26. The third kappa shape index (κ3) is 3.46.